The van der Waals surface area contributed by atoms with Crippen molar-refractivity contribution in [2.24, 2.45) is 35.5 Å². The van der Waals surface area contributed by atoms with Gasteiger partial charge in [-0.1, -0.05) is 236 Å². The molecule has 602 valence electrons. The maximum absolute atomic E-state index is 14.0. The van der Waals surface area contributed by atoms with E-state index in [4.69, 9.17) is 37.9 Å². The molecule has 0 amide bonds. The van der Waals surface area contributed by atoms with E-state index in [0.29, 0.717) is 80.4 Å². The molecule has 3 fully saturated rings. The van der Waals surface area contributed by atoms with Crippen molar-refractivity contribution in [2.75, 3.05) is 60.5 Å². The molecule has 1 aromatic heterocycles. The topological polar surface area (TPSA) is 268 Å². The van der Waals surface area contributed by atoms with Gasteiger partial charge < -0.3 is 53.2 Å². The van der Waals surface area contributed by atoms with Gasteiger partial charge in [0.05, 0.1) is 95.5 Å². The minimum atomic E-state index is -0.941. The Morgan fingerprint density at radius 3 is 1.31 bits per heavy atom. The molecule has 1 heterocycles. The number of esters is 3. The number of methoxy groups -OCH3 is 2. The lowest BCUT2D eigenvalue weighted by Gasteiger charge is -2.49. The van der Waals surface area contributed by atoms with Crippen LogP contribution in [0.25, 0.3) is 33.2 Å². The second kappa shape index (κ2) is 37.8. The van der Waals surface area contributed by atoms with Gasteiger partial charge in [0, 0.05) is 59.0 Å². The van der Waals surface area contributed by atoms with E-state index in [1.165, 1.54) is 0 Å². The molecule has 0 unspecified atom stereocenters. The zero-order valence-electron chi connectivity index (χ0n) is 66.1. The molecule has 10 atom stereocenters. The van der Waals surface area contributed by atoms with Crippen LogP contribution in [0, 0.1) is 49.4 Å². The maximum atomic E-state index is 14.0. The molecule has 4 aliphatic rings. The van der Waals surface area contributed by atoms with Crippen LogP contribution in [0.5, 0.6) is 23.0 Å². The van der Waals surface area contributed by atoms with E-state index in [1.807, 2.05) is 251 Å². The van der Waals surface area contributed by atoms with E-state index in [0.717, 1.165) is 77.5 Å². The average molecular weight is 1580 g/mol. The van der Waals surface area contributed by atoms with E-state index in [1.54, 1.807) is 43.2 Å². The zero-order valence-corrected chi connectivity index (χ0v) is 66.1. The Morgan fingerprint density at radius 1 is 0.381 bits per heavy atom. The Balaban J connectivity index is 0.000000146. The van der Waals surface area contributed by atoms with E-state index >= 15 is 0 Å². The first-order valence-corrected chi connectivity index (χ1v) is 39.7. The van der Waals surface area contributed by atoms with Crippen molar-refractivity contribution in [3.8, 4) is 45.4 Å². The van der Waals surface area contributed by atoms with E-state index < -0.39 is 101 Å². The number of hydrogen-bond acceptors (Lipinski definition) is 16. The molecule has 4 aliphatic carbocycles. The number of ether oxygens (including phenoxy) is 8. The smallest absolute Gasteiger partial charge is 0.315 e. The predicted molar refractivity (Wildman–Crippen MR) is 445 cm³/mol. The first kappa shape index (κ1) is 81.7. The van der Waals surface area contributed by atoms with E-state index in [2.05, 4.69) is 34.6 Å². The van der Waals surface area contributed by atoms with Crippen molar-refractivity contribution in [3.05, 3.63) is 335 Å². The Kier molecular flexibility index (Phi) is 26.2. The second-order valence-corrected chi connectivity index (χ2v) is 29.8. The summed E-state index contributed by atoms with van der Waals surface area (Å²) >= 11 is 0. The number of aromatic nitrogens is 3. The summed E-state index contributed by atoms with van der Waals surface area (Å²) in [6.45, 7) is 9.88. The number of carbonyl (C=O) groups excluding carboxylic acids is 3. The second-order valence-electron chi connectivity index (χ2n) is 29.8. The van der Waals surface area contributed by atoms with Crippen LogP contribution in [-0.4, -0.2) is 127 Å². The van der Waals surface area contributed by atoms with Crippen LogP contribution in [0.1, 0.15) is 104 Å². The van der Waals surface area contributed by atoms with Gasteiger partial charge in [-0.15, -0.1) is 5.10 Å². The Hall–Kier alpha value is -12.9. The van der Waals surface area contributed by atoms with Gasteiger partial charge in [-0.05, 0) is 135 Å². The first-order valence-electron chi connectivity index (χ1n) is 39.7. The van der Waals surface area contributed by atoms with Gasteiger partial charge >= 0.3 is 35.8 Å². The van der Waals surface area contributed by atoms with Crippen LogP contribution in [-0.2, 0) is 54.3 Å². The maximum Gasteiger partial charge on any atom is 0.315 e. The quantitative estimate of drug-likeness (QED) is 0.0223. The summed E-state index contributed by atoms with van der Waals surface area (Å²) in [4.78, 5) is 79.1. The SMILES string of the molecule is CCOCCOCCOCCn1cc(-c2ccc(OC(=O)C3[C@@H](c4ccccc4)C(C(=O)O)[C@@H]3c3ccccc3)cc2)nn1.COc1ccccc1[C@H]1[C@H](C(=O)O)[C@H](c2ccccc2C)[C@H]1C(=O)OCC1c2ccccc2-c2ccccc21.COc1ccccc1[C@H]1[C@H](C(=O)O)[C@H](c2ccccc2C)[C@H]1C(=O)Oc1cccc2ccccc12. The number of rotatable bonds is 29. The van der Waals surface area contributed by atoms with Crippen molar-refractivity contribution < 1.29 is 82.0 Å². The number of aliphatic carboxylic acids is 3. The van der Waals surface area contributed by atoms with E-state index in [9.17, 15) is 44.1 Å². The lowest BCUT2D eigenvalue weighted by atomic mass is 9.52. The van der Waals surface area contributed by atoms with Crippen LogP contribution in [0.15, 0.2) is 279 Å². The van der Waals surface area contributed by atoms with Gasteiger partial charge in [0.2, 0.25) is 0 Å². The van der Waals surface area contributed by atoms with Gasteiger partial charge in [0.15, 0.2) is 0 Å². The standard InChI is InChI=1S/C34H37N3O7.C34H30O5.C30H26O5/c1-2-41-19-20-43-22-21-42-18-17-37-23-28(35-36-37)24-13-15-27(16-14-24)44-34(40)32-29(25-9-5-3-6-10-25)31(33(38)39)30(32)26-11-7-4-8-12-26;1-20-11-3-4-12-21(20)29-31(33(35)36)30(26-17-9-10-18-28(26)38-2)32(29)34(37)39-19-27-24-15-7-5-13-22(24)23-14-6-8-16-25(23)27;1-18-10-3-5-13-20(18)25-27(29(31)32)26(22-15-7-8-16-23(22)34-2)28(25)30(33)35-24-17-9-12-19-11-4-6-14-21(19)24/h3-16,23,29-32H,2,17-22H2,1H3,(H,38,39);3-18,27,29-32H,19H2,1-2H3,(H,35,36);3-17,25-28H,1-2H3,(H,31,32)/t29-,30-,31?,32?;29-,30-,31+,32+;25-,26-,27+,28+/m000/s1. The van der Waals surface area contributed by atoms with Crippen molar-refractivity contribution >= 4 is 46.6 Å². The van der Waals surface area contributed by atoms with Crippen molar-refractivity contribution in [2.45, 2.75) is 68.7 Å². The highest BCUT2D eigenvalue weighted by molar-refractivity contribution is 5.93. The van der Waals surface area contributed by atoms with Gasteiger partial charge in [0.25, 0.3) is 0 Å². The largest absolute Gasteiger partial charge is 0.496 e. The highest BCUT2D eigenvalue weighted by atomic mass is 16.6. The molecule has 11 aromatic carbocycles. The number of fused-ring (bicyclic) bond motifs is 4. The molecule has 20 heteroatoms. The molecule has 20 nitrogen and oxygen atoms in total. The third kappa shape index (κ3) is 17.3. The fourth-order valence-corrected chi connectivity index (χ4v) is 17.9. The number of carboxylic acid groups (broad SMARTS) is 3. The Bertz CT molecular complexity index is 5420. The summed E-state index contributed by atoms with van der Waals surface area (Å²) in [6, 6.07) is 85.5. The van der Waals surface area contributed by atoms with Crippen LogP contribution in [0.4, 0.5) is 0 Å². The number of benzene rings is 11. The van der Waals surface area contributed by atoms with Crippen molar-refractivity contribution in [3.63, 3.8) is 0 Å². The molecular formula is C98H93N3O17. The Morgan fingerprint density at radius 2 is 0.788 bits per heavy atom. The number of aryl methyl sites for hydroxylation is 2. The van der Waals surface area contributed by atoms with Crippen molar-refractivity contribution in [1.82, 2.24) is 15.0 Å². The minimum absolute atomic E-state index is 0.0710. The molecule has 0 aliphatic heterocycles. The molecule has 0 spiro atoms. The Labute approximate surface area is 684 Å². The average Bonchev–Trinajstić information content (AvgIpc) is 0.810. The molecule has 0 radical (unpaired) electrons. The number of nitrogens with zero attached hydrogens (tertiary/aromatic N) is 3. The predicted octanol–water partition coefficient (Wildman–Crippen LogP) is 17.3. The van der Waals surface area contributed by atoms with Gasteiger partial charge in [-0.2, -0.15) is 0 Å². The van der Waals surface area contributed by atoms with Crippen LogP contribution in [0.2, 0.25) is 0 Å². The summed E-state index contributed by atoms with van der Waals surface area (Å²) in [7, 11) is 3.12. The fourth-order valence-electron chi connectivity index (χ4n) is 17.9. The summed E-state index contributed by atoms with van der Waals surface area (Å²) in [5.41, 5.74) is 12.8. The van der Waals surface area contributed by atoms with Crippen LogP contribution >= 0.6 is 0 Å². The number of carboxylic acids is 3. The molecule has 118 heavy (non-hydrogen) atoms. The highest BCUT2D eigenvalue weighted by Crippen LogP contribution is 2.63. The number of para-hydroxylation sites is 2. The van der Waals surface area contributed by atoms with Crippen LogP contribution in [0.3, 0.4) is 0 Å². The number of hydrogen-bond donors (Lipinski definition) is 3. The van der Waals surface area contributed by atoms with Crippen molar-refractivity contribution in [1.29, 1.82) is 0 Å². The summed E-state index contributed by atoms with van der Waals surface area (Å²) < 4.78 is 47.1. The van der Waals surface area contributed by atoms with Gasteiger partial charge in [0.1, 0.15) is 35.3 Å². The molecule has 0 saturated heterocycles. The normalized spacial score (nSPS) is 20.6. The lowest BCUT2D eigenvalue weighted by molar-refractivity contribution is -0.165. The summed E-state index contributed by atoms with van der Waals surface area (Å²) in [5, 5.41) is 41.1. The monoisotopic (exact) mass is 1580 g/mol. The summed E-state index contributed by atoms with van der Waals surface area (Å²) in [5.74, 6) is -9.66. The number of carbonyl (C=O) groups is 6. The summed E-state index contributed by atoms with van der Waals surface area (Å²) in [6.07, 6.45) is 1.83. The third-order valence-corrected chi connectivity index (χ3v) is 23.4. The lowest BCUT2D eigenvalue weighted by Crippen LogP contribution is -2.52. The fraction of sp³-hybridized carbons (Fsp3) is 0.265. The first-order chi connectivity index (χ1) is 57.6. The molecular weight excluding hydrogens is 1490 g/mol. The van der Waals surface area contributed by atoms with Gasteiger partial charge in [-0.25, -0.2) is 4.68 Å². The van der Waals surface area contributed by atoms with Gasteiger partial charge in [-0.3, -0.25) is 28.8 Å². The molecule has 3 saturated carbocycles. The molecule has 16 rings (SSSR count). The molecule has 12 aromatic rings. The van der Waals surface area contributed by atoms with Crippen LogP contribution < -0.4 is 18.9 Å². The molecule has 0 bridgehead atoms. The third-order valence-electron chi connectivity index (χ3n) is 23.4. The minimum Gasteiger partial charge on any atom is -0.496 e. The highest BCUT2D eigenvalue weighted by Gasteiger charge is 2.62. The molecule has 3 N–H and O–H groups in total. The van der Waals surface area contributed by atoms with E-state index in [-0.39, 0.29) is 18.5 Å². The zero-order chi connectivity index (χ0) is 82.3.